The first-order chi connectivity index (χ1) is 64.4. The highest BCUT2D eigenvalue weighted by atomic mass is 32.2. The van der Waals surface area contributed by atoms with Crippen LogP contribution in [0, 0.1) is 144 Å². The molecular weight excluding hydrogens is 1860 g/mol. The van der Waals surface area contributed by atoms with Crippen molar-refractivity contribution in [3.05, 3.63) is 438 Å². The van der Waals surface area contributed by atoms with Crippen LogP contribution in [-0.2, 0) is 51.6 Å². The Morgan fingerprint density at radius 1 is 0.275 bits per heavy atom. The van der Waals surface area contributed by atoms with Crippen LogP contribution in [0.25, 0.3) is 33.0 Å². The number of hydrogen-bond acceptors (Lipinski definition) is 13. The minimum atomic E-state index is -4.24. The minimum absolute atomic E-state index is 0.0116. The standard InChI is InChI=1S/C16H18O3S.2C16H20Si.C15H15NO.C14H14O3S.C12H12.C8H9F.C8H10O3S.C8H10.2O3S/c1-10-5-6-14(7-11(10)2)15-8-12(3)13(4)9-16(15)20(17,18)19;1-13-5-9-15(10-6-13)17(3,4)16-11-7-14(2)8-12-16;1-13-7-5-9-15(11-13)17(3,4)16-10-6-8-14(2)12-16;1-11-3-7-13(8-4-11)15(17)16-14-9-5-12(2)6-10-14;1-10-3-6-12(7-4-10)13-8-5-11(2)9-14(13)18(15,16)17;1-9-5-3-7-11-8-4-6-10(2)12(9)11;1-6-4-3-5-8(9)7(6)2;1-6-3-4-7(2)8(5-6)12(9,10)11;1-7-5-3-4-6-8(7)2;2*1-4(2)3/h5-9H,1-4H3,(H,17,18,19);2*5-12H,1-4H3;3-10H,1-2H3,(H,16,17);3-9H,1-2H3,(H,15,16,17);3-8H,1-2H3;3-5H,1-2H3;3-5H,1-2H3,(H,9,10,11);3-6H,1-2H3;;. The van der Waals surface area contributed by atoms with Gasteiger partial charge in [-0.1, -0.05) is 347 Å². The zero-order valence-corrected chi connectivity index (χ0v) is 89.2. The van der Waals surface area contributed by atoms with Crippen LogP contribution in [0.2, 0.25) is 26.2 Å². The van der Waals surface area contributed by atoms with Gasteiger partial charge in [-0.2, -0.15) is 25.3 Å². The Bertz CT molecular complexity index is 7060. The fourth-order valence-corrected chi connectivity index (χ4v) is 21.2. The summed E-state index contributed by atoms with van der Waals surface area (Å²) in [6, 6.07) is 104. The summed E-state index contributed by atoms with van der Waals surface area (Å²) in [5.41, 5.74) is 26.4. The van der Waals surface area contributed by atoms with Crippen molar-refractivity contribution < 1.29 is 73.3 Å². The average molecular weight is 1990 g/mol. The molecule has 0 aliphatic carbocycles. The van der Waals surface area contributed by atoms with Gasteiger partial charge in [0.1, 0.15) is 31.8 Å². The second-order valence-corrected chi connectivity index (χ2v) is 48.9. The quantitative estimate of drug-likeness (QED) is 0.0691. The Kier molecular flexibility index (Phi) is 45.3. The van der Waals surface area contributed by atoms with E-state index in [1.165, 1.54) is 106 Å². The number of aryl methyl sites for hydroxylation is 19. The highest BCUT2D eigenvalue weighted by Crippen LogP contribution is 2.33. The number of benzene rings is 15. The maximum Gasteiger partial charge on any atom is 0.425 e. The summed E-state index contributed by atoms with van der Waals surface area (Å²) >= 11 is 0. The lowest BCUT2D eigenvalue weighted by molar-refractivity contribution is 0.102. The summed E-state index contributed by atoms with van der Waals surface area (Å²) in [5, 5.41) is 11.7. The summed E-state index contributed by atoms with van der Waals surface area (Å²) in [4.78, 5) is 11.8. The third kappa shape index (κ3) is 38.4. The SMILES string of the molecule is Cc1ccc(-c2cc(C)c(C)cc2S(=O)(=O)O)cc1C.Cc1ccc(-c2ccc(C)cc2S(=O)(=O)O)cc1.Cc1ccc(C)c(S(=O)(=O)O)c1.Cc1ccc(NC(=O)c2ccc(C)cc2)cc1.Cc1ccc([Si](C)(C)c2ccc(C)cc2)cc1.Cc1cccc(F)c1C.Cc1cccc([Si](C)(C)c2cccc(C)c2)c1.Cc1cccc2cccc(C)c12.Cc1ccccc1C.O=S(=O)=O.O=S(=O)=O. The van der Waals surface area contributed by atoms with E-state index in [1.54, 1.807) is 52.0 Å². The Morgan fingerprint density at radius 3 is 0.986 bits per heavy atom. The van der Waals surface area contributed by atoms with Gasteiger partial charge in [-0.25, -0.2) is 4.39 Å². The lowest BCUT2D eigenvalue weighted by atomic mass is 9.97. The van der Waals surface area contributed by atoms with Crippen molar-refractivity contribution in [3.63, 3.8) is 0 Å². The fourth-order valence-electron chi connectivity index (χ4n) is 13.9. The molecular formula is C113H128FNO16S5Si2. The van der Waals surface area contributed by atoms with E-state index in [-0.39, 0.29) is 26.4 Å². The number of amides is 1. The summed E-state index contributed by atoms with van der Waals surface area (Å²) in [7, 11) is -21.8. The van der Waals surface area contributed by atoms with Gasteiger partial charge in [-0.05, 0) is 287 Å². The summed E-state index contributed by atoms with van der Waals surface area (Å²) < 4.78 is 158. The molecule has 0 atom stereocenters. The van der Waals surface area contributed by atoms with Gasteiger partial charge in [-0.15, -0.1) is 25.3 Å². The van der Waals surface area contributed by atoms with E-state index >= 15 is 0 Å². The predicted octanol–water partition coefficient (Wildman–Crippen LogP) is 24.6. The molecule has 0 saturated carbocycles. The lowest BCUT2D eigenvalue weighted by Gasteiger charge is -2.24. The fraction of sp³-hybridized carbons (Fsp3) is 0.212. The molecule has 17 nitrogen and oxygen atoms in total. The molecule has 15 aromatic rings. The largest absolute Gasteiger partial charge is 0.425 e. The minimum Gasteiger partial charge on any atom is -0.322 e. The molecule has 726 valence electrons. The highest BCUT2D eigenvalue weighted by Gasteiger charge is 2.28. The summed E-state index contributed by atoms with van der Waals surface area (Å²) in [5.74, 6) is -0.191. The molecule has 0 bridgehead atoms. The third-order valence-corrected chi connectivity index (χ3v) is 32.9. The first kappa shape index (κ1) is 116. The first-order valence-electron chi connectivity index (χ1n) is 44.2. The Labute approximate surface area is 822 Å². The van der Waals surface area contributed by atoms with Crippen molar-refractivity contribution in [2.24, 2.45) is 0 Å². The van der Waals surface area contributed by atoms with Crippen molar-refractivity contribution in [1.82, 2.24) is 0 Å². The highest BCUT2D eigenvalue weighted by molar-refractivity contribution is 7.86. The van der Waals surface area contributed by atoms with Gasteiger partial charge in [-0.3, -0.25) is 18.5 Å². The van der Waals surface area contributed by atoms with Crippen LogP contribution in [0.15, 0.2) is 330 Å². The smallest absolute Gasteiger partial charge is 0.322 e. The molecule has 0 aliphatic heterocycles. The van der Waals surface area contributed by atoms with Crippen LogP contribution in [0.1, 0.15) is 122 Å². The third-order valence-electron chi connectivity index (χ3n) is 23.0. The van der Waals surface area contributed by atoms with Crippen molar-refractivity contribution in [1.29, 1.82) is 0 Å². The molecule has 0 spiro atoms. The number of halogens is 1. The molecule has 15 rings (SSSR count). The zero-order chi connectivity index (χ0) is 103. The van der Waals surface area contributed by atoms with Gasteiger partial charge in [0.2, 0.25) is 0 Å². The molecule has 15 aromatic carbocycles. The van der Waals surface area contributed by atoms with Gasteiger partial charge in [0.05, 0.1) is 4.90 Å². The van der Waals surface area contributed by atoms with E-state index in [4.69, 9.17) is 29.8 Å². The molecule has 0 radical (unpaired) electrons. The first-order valence-corrected chi connectivity index (χ1v) is 56.6. The molecule has 4 N–H and O–H groups in total. The molecule has 0 saturated heterocycles. The van der Waals surface area contributed by atoms with Crippen molar-refractivity contribution in [2.75, 3.05) is 5.32 Å². The van der Waals surface area contributed by atoms with E-state index in [2.05, 4.69) is 245 Å². The van der Waals surface area contributed by atoms with Gasteiger partial charge < -0.3 is 5.32 Å². The number of carbonyl (C=O) groups is 1. The average Bonchev–Trinajstić information content (AvgIpc) is 0.785. The second kappa shape index (κ2) is 53.9. The molecule has 138 heavy (non-hydrogen) atoms. The maximum absolute atomic E-state index is 12.6. The van der Waals surface area contributed by atoms with Crippen molar-refractivity contribution in [3.8, 4) is 22.3 Å². The summed E-state index contributed by atoms with van der Waals surface area (Å²) in [6.07, 6.45) is 0. The Balaban J connectivity index is 0.000000274. The number of hydrogen-bond donors (Lipinski definition) is 4. The molecule has 0 heterocycles. The van der Waals surface area contributed by atoms with Crippen molar-refractivity contribution in [2.45, 2.75) is 179 Å². The van der Waals surface area contributed by atoms with Crippen LogP contribution in [0.5, 0.6) is 0 Å². The number of fused-ring (bicyclic) bond motifs is 1. The number of rotatable bonds is 11. The van der Waals surface area contributed by atoms with E-state index in [9.17, 15) is 43.5 Å². The number of nitrogens with one attached hydrogen (secondary N) is 1. The molecule has 25 heteroatoms. The molecule has 1 amide bonds. The van der Waals surface area contributed by atoms with Gasteiger partial charge in [0.15, 0.2) is 0 Å². The maximum atomic E-state index is 12.6. The normalized spacial score (nSPS) is 10.7. The van der Waals surface area contributed by atoms with E-state index in [0.29, 0.717) is 22.3 Å². The van der Waals surface area contributed by atoms with Crippen molar-refractivity contribution >= 4 is 111 Å². The number of carbonyl (C=O) groups excluding carboxylic acids is 1. The van der Waals surface area contributed by atoms with Gasteiger partial charge in [0.25, 0.3) is 36.3 Å². The molecule has 0 aliphatic rings. The predicted molar refractivity (Wildman–Crippen MR) is 571 cm³/mol. The van der Waals surface area contributed by atoms with E-state index in [0.717, 1.165) is 72.4 Å². The lowest BCUT2D eigenvalue weighted by Crippen LogP contribution is -2.52. The topological polar surface area (TPSA) is 295 Å². The van der Waals surface area contributed by atoms with Crippen LogP contribution in [0.3, 0.4) is 0 Å². The van der Waals surface area contributed by atoms with Gasteiger partial charge in [0, 0.05) is 22.4 Å². The van der Waals surface area contributed by atoms with Crippen LogP contribution in [0.4, 0.5) is 10.1 Å². The van der Waals surface area contributed by atoms with E-state index < -0.39 is 67.7 Å². The molecule has 0 unspecified atom stereocenters. The van der Waals surface area contributed by atoms with Crippen LogP contribution in [-0.4, -0.2) is 86.2 Å². The molecule has 0 aromatic heterocycles. The second-order valence-electron chi connectivity index (χ2n) is 35.1. The Hall–Kier alpha value is -12.6. The summed E-state index contributed by atoms with van der Waals surface area (Å²) in [6.45, 7) is 49.5. The monoisotopic (exact) mass is 1990 g/mol. The zero-order valence-electron chi connectivity index (χ0n) is 83.1. The number of anilines is 1. The molecule has 0 fully saturated rings. The van der Waals surface area contributed by atoms with E-state index in [1.807, 2.05) is 165 Å². The van der Waals surface area contributed by atoms with Crippen LogP contribution >= 0.6 is 0 Å². The van der Waals surface area contributed by atoms with Crippen LogP contribution < -0.4 is 26.1 Å². The Morgan fingerprint density at radius 2 is 0.594 bits per heavy atom. The van der Waals surface area contributed by atoms with Gasteiger partial charge >= 0.3 is 21.2 Å².